The molecule has 0 aliphatic rings. The predicted octanol–water partition coefficient (Wildman–Crippen LogP) is 0.0213. The number of hydrogen-bond acceptors (Lipinski definition) is 3. The lowest BCUT2D eigenvalue weighted by molar-refractivity contribution is 0.0965. The first-order valence-corrected chi connectivity index (χ1v) is 3.42. The van der Waals surface area contributed by atoms with Crippen molar-refractivity contribution in [1.82, 2.24) is 4.98 Å². The molecule has 5 heteroatoms. The van der Waals surface area contributed by atoms with E-state index in [1.165, 1.54) is 18.3 Å². The molecule has 66 valence electrons. The lowest BCUT2D eigenvalue weighted by Gasteiger charge is -1.99. The Bertz CT molecular complexity index is 373. The molecule has 1 aromatic heterocycles. The number of nitrogens with zero attached hydrogens (tertiary/aromatic N) is 2. The molecule has 0 aliphatic carbocycles. The van der Waals surface area contributed by atoms with Crippen LogP contribution in [0.5, 0.6) is 0 Å². The molecule has 0 saturated heterocycles. The first-order chi connectivity index (χ1) is 6.16. The summed E-state index contributed by atoms with van der Waals surface area (Å²) in [5, 5.41) is 0. The van der Waals surface area contributed by atoms with Crippen LogP contribution in [-0.2, 0) is 0 Å². The summed E-state index contributed by atoms with van der Waals surface area (Å²) >= 11 is 0. The minimum absolute atomic E-state index is 0.0555. The second kappa shape index (κ2) is 3.57. The van der Waals surface area contributed by atoms with Crippen molar-refractivity contribution in [3.63, 3.8) is 0 Å². The summed E-state index contributed by atoms with van der Waals surface area (Å²) in [5.41, 5.74) is 5.00. The van der Waals surface area contributed by atoms with Crippen molar-refractivity contribution in [1.29, 1.82) is 0 Å². The molecule has 1 heterocycles. The van der Waals surface area contributed by atoms with Gasteiger partial charge in [-0.3, -0.25) is 14.6 Å². The summed E-state index contributed by atoms with van der Waals surface area (Å²) in [6, 6.07) is 2.92. The predicted molar refractivity (Wildman–Crippen MR) is 46.6 cm³/mol. The molecule has 0 spiro atoms. The van der Waals surface area contributed by atoms with Gasteiger partial charge in [-0.15, -0.1) is 0 Å². The van der Waals surface area contributed by atoms with Gasteiger partial charge in [0.05, 0.1) is 5.56 Å². The van der Waals surface area contributed by atoms with Gasteiger partial charge in [0.1, 0.15) is 5.69 Å². The van der Waals surface area contributed by atoms with Crippen LogP contribution in [0.4, 0.5) is 0 Å². The van der Waals surface area contributed by atoms with Gasteiger partial charge in [-0.05, 0) is 18.9 Å². The molecule has 1 aromatic rings. The Kier molecular flexibility index (Phi) is 2.49. The molecular formula is C8H7N3O2. The van der Waals surface area contributed by atoms with E-state index in [-0.39, 0.29) is 11.3 Å². The summed E-state index contributed by atoms with van der Waals surface area (Å²) in [5.74, 6) is -1.37. The number of hydrogen-bond donors (Lipinski definition) is 1. The molecule has 2 amide bonds. The van der Waals surface area contributed by atoms with Gasteiger partial charge in [0, 0.05) is 6.20 Å². The van der Waals surface area contributed by atoms with Crippen molar-refractivity contribution in [2.75, 3.05) is 0 Å². The lowest BCUT2D eigenvalue weighted by atomic mass is 10.2. The first-order valence-electron chi connectivity index (χ1n) is 3.42. The van der Waals surface area contributed by atoms with E-state index in [9.17, 15) is 9.59 Å². The van der Waals surface area contributed by atoms with Gasteiger partial charge in [-0.2, -0.15) is 0 Å². The Morgan fingerprint density at radius 3 is 2.77 bits per heavy atom. The van der Waals surface area contributed by atoms with E-state index < -0.39 is 11.8 Å². The summed E-state index contributed by atoms with van der Waals surface area (Å²) in [6.07, 6.45) is 1.38. The standard InChI is InChI=1S/C8H7N3O2/c1-10-8(13)6-5(7(9)12)3-2-4-11-6/h2-4H,1H2,(H2,9,12). The molecule has 2 N–H and O–H groups in total. The molecule has 0 radical (unpaired) electrons. The number of amides is 2. The van der Waals surface area contributed by atoms with Crippen molar-refractivity contribution in [3.8, 4) is 0 Å². The first kappa shape index (κ1) is 9.05. The highest BCUT2D eigenvalue weighted by molar-refractivity contribution is 6.06. The smallest absolute Gasteiger partial charge is 0.295 e. The number of pyridine rings is 1. The van der Waals surface area contributed by atoms with E-state index in [0.717, 1.165) is 0 Å². The largest absolute Gasteiger partial charge is 0.366 e. The second-order valence-corrected chi connectivity index (χ2v) is 2.23. The molecule has 0 aromatic carbocycles. The molecule has 0 bridgehead atoms. The molecule has 13 heavy (non-hydrogen) atoms. The highest BCUT2D eigenvalue weighted by Crippen LogP contribution is 2.05. The van der Waals surface area contributed by atoms with Gasteiger partial charge in [0.15, 0.2) is 0 Å². The summed E-state index contributed by atoms with van der Waals surface area (Å²) in [4.78, 5) is 28.7. The number of aliphatic imine (C=N–C) groups is 1. The van der Waals surface area contributed by atoms with Crippen LogP contribution in [0.25, 0.3) is 0 Å². The molecule has 0 fully saturated rings. The lowest BCUT2D eigenvalue weighted by Crippen LogP contribution is -2.16. The van der Waals surface area contributed by atoms with Crippen LogP contribution in [0.15, 0.2) is 23.3 Å². The summed E-state index contributed by atoms with van der Waals surface area (Å²) < 4.78 is 0. The Balaban J connectivity index is 3.27. The zero-order valence-corrected chi connectivity index (χ0v) is 6.73. The zero-order chi connectivity index (χ0) is 9.84. The average molecular weight is 177 g/mol. The SMILES string of the molecule is C=NC(=O)c1ncccc1C(N)=O. The average Bonchev–Trinajstić information content (AvgIpc) is 2.16. The maximum Gasteiger partial charge on any atom is 0.295 e. The van der Waals surface area contributed by atoms with Crippen molar-refractivity contribution in [2.45, 2.75) is 0 Å². The van der Waals surface area contributed by atoms with E-state index in [4.69, 9.17) is 5.73 Å². The number of carbonyl (C=O) groups is 2. The van der Waals surface area contributed by atoms with Gasteiger partial charge in [-0.25, -0.2) is 4.99 Å². The van der Waals surface area contributed by atoms with E-state index in [1.807, 2.05) is 0 Å². The van der Waals surface area contributed by atoms with Gasteiger partial charge >= 0.3 is 0 Å². The molecule has 0 saturated carbocycles. The minimum atomic E-state index is -0.708. The fourth-order valence-corrected chi connectivity index (χ4v) is 0.849. The third kappa shape index (κ3) is 1.76. The molecular weight excluding hydrogens is 170 g/mol. The van der Waals surface area contributed by atoms with Crippen LogP contribution in [-0.4, -0.2) is 23.5 Å². The summed E-state index contributed by atoms with van der Waals surface area (Å²) in [7, 11) is 0. The summed E-state index contributed by atoms with van der Waals surface area (Å²) in [6.45, 7) is 3.05. The van der Waals surface area contributed by atoms with E-state index in [1.54, 1.807) is 0 Å². The maximum absolute atomic E-state index is 11.0. The molecule has 0 aliphatic heterocycles. The fourth-order valence-electron chi connectivity index (χ4n) is 0.849. The third-order valence-electron chi connectivity index (χ3n) is 1.42. The van der Waals surface area contributed by atoms with Crippen molar-refractivity contribution in [2.24, 2.45) is 10.7 Å². The van der Waals surface area contributed by atoms with Crippen LogP contribution in [0.3, 0.4) is 0 Å². The normalized spacial score (nSPS) is 9.23. The molecule has 1 rings (SSSR count). The highest BCUT2D eigenvalue weighted by atomic mass is 16.2. The Hall–Kier alpha value is -2.04. The number of aromatic nitrogens is 1. The Morgan fingerprint density at radius 1 is 1.54 bits per heavy atom. The number of nitrogens with two attached hydrogens (primary N) is 1. The third-order valence-corrected chi connectivity index (χ3v) is 1.42. The van der Waals surface area contributed by atoms with Crippen LogP contribution >= 0.6 is 0 Å². The molecule has 0 unspecified atom stereocenters. The van der Waals surface area contributed by atoms with Crippen LogP contribution in [0.1, 0.15) is 20.8 Å². The van der Waals surface area contributed by atoms with E-state index in [2.05, 4.69) is 16.7 Å². The van der Waals surface area contributed by atoms with Gasteiger partial charge in [0.25, 0.3) is 11.8 Å². The van der Waals surface area contributed by atoms with E-state index in [0.29, 0.717) is 0 Å². The number of primary amides is 1. The maximum atomic E-state index is 11.0. The minimum Gasteiger partial charge on any atom is -0.366 e. The fraction of sp³-hybridized carbons (Fsp3) is 0. The molecule has 0 atom stereocenters. The number of carbonyl (C=O) groups excluding carboxylic acids is 2. The number of rotatable bonds is 2. The van der Waals surface area contributed by atoms with Crippen LogP contribution in [0.2, 0.25) is 0 Å². The van der Waals surface area contributed by atoms with Crippen LogP contribution in [0, 0.1) is 0 Å². The molecule has 5 nitrogen and oxygen atoms in total. The zero-order valence-electron chi connectivity index (χ0n) is 6.73. The van der Waals surface area contributed by atoms with Crippen molar-refractivity contribution < 1.29 is 9.59 Å². The van der Waals surface area contributed by atoms with Crippen molar-refractivity contribution in [3.05, 3.63) is 29.6 Å². The van der Waals surface area contributed by atoms with Gasteiger partial charge in [0.2, 0.25) is 0 Å². The quantitative estimate of drug-likeness (QED) is 0.646. The highest BCUT2D eigenvalue weighted by Gasteiger charge is 2.14. The second-order valence-electron chi connectivity index (χ2n) is 2.23. The van der Waals surface area contributed by atoms with Crippen molar-refractivity contribution >= 4 is 18.5 Å². The van der Waals surface area contributed by atoms with E-state index >= 15 is 0 Å². The van der Waals surface area contributed by atoms with Gasteiger partial charge in [-0.1, -0.05) is 0 Å². The Labute approximate surface area is 74.3 Å². The Morgan fingerprint density at radius 2 is 2.23 bits per heavy atom. The van der Waals surface area contributed by atoms with Crippen LogP contribution < -0.4 is 5.73 Å². The topological polar surface area (TPSA) is 85.4 Å². The van der Waals surface area contributed by atoms with Gasteiger partial charge < -0.3 is 5.73 Å². The monoisotopic (exact) mass is 177 g/mol.